The van der Waals surface area contributed by atoms with Gasteiger partial charge in [-0.05, 0) is 69.7 Å². The first-order valence-corrected chi connectivity index (χ1v) is 10.9. The van der Waals surface area contributed by atoms with Crippen molar-refractivity contribution in [1.29, 1.82) is 0 Å². The Morgan fingerprint density at radius 3 is 2.85 bits per heavy atom. The van der Waals surface area contributed by atoms with Gasteiger partial charge < -0.3 is 10.6 Å². The maximum absolute atomic E-state index is 4.84. The average Bonchev–Trinajstić information content (AvgIpc) is 2.70. The van der Waals surface area contributed by atoms with E-state index in [0.29, 0.717) is 6.04 Å². The van der Waals surface area contributed by atoms with E-state index >= 15 is 0 Å². The van der Waals surface area contributed by atoms with Crippen molar-refractivity contribution in [2.45, 2.75) is 77.3 Å². The van der Waals surface area contributed by atoms with E-state index in [4.69, 9.17) is 4.99 Å². The molecule has 2 fully saturated rings. The second-order valence-corrected chi connectivity index (χ2v) is 8.08. The van der Waals surface area contributed by atoms with Crippen LogP contribution in [-0.2, 0) is 6.42 Å². The number of pyridine rings is 1. The summed E-state index contributed by atoms with van der Waals surface area (Å²) in [6, 6.07) is 3.44. The Hall–Kier alpha value is -1.62. The lowest BCUT2D eigenvalue weighted by Crippen LogP contribution is -2.53. The highest BCUT2D eigenvalue weighted by Gasteiger charge is 2.27. The number of aryl methyl sites for hydroxylation is 1. The summed E-state index contributed by atoms with van der Waals surface area (Å²) in [5, 5.41) is 7.14. The van der Waals surface area contributed by atoms with E-state index in [1.54, 1.807) is 0 Å². The predicted octanol–water partition coefficient (Wildman–Crippen LogP) is 3.28. The van der Waals surface area contributed by atoms with E-state index < -0.39 is 0 Å². The van der Waals surface area contributed by atoms with Gasteiger partial charge in [-0.1, -0.05) is 19.3 Å². The molecular formula is C22H37N5. The zero-order chi connectivity index (χ0) is 18.9. The van der Waals surface area contributed by atoms with E-state index in [-0.39, 0.29) is 0 Å². The van der Waals surface area contributed by atoms with Gasteiger partial charge in [0.15, 0.2) is 5.96 Å². The fourth-order valence-corrected chi connectivity index (χ4v) is 4.49. The Kier molecular flexibility index (Phi) is 7.93. The fraction of sp³-hybridized carbons (Fsp3) is 0.727. The van der Waals surface area contributed by atoms with Gasteiger partial charge in [0, 0.05) is 44.1 Å². The van der Waals surface area contributed by atoms with E-state index in [0.717, 1.165) is 31.5 Å². The fourth-order valence-electron chi connectivity index (χ4n) is 4.49. The van der Waals surface area contributed by atoms with Crippen molar-refractivity contribution in [2.75, 3.05) is 26.2 Å². The minimum atomic E-state index is 0.515. The Labute approximate surface area is 165 Å². The number of nitrogens with zero attached hydrogens (tertiary/aromatic N) is 3. The van der Waals surface area contributed by atoms with Gasteiger partial charge in [0.05, 0.1) is 0 Å². The van der Waals surface area contributed by atoms with Crippen LogP contribution < -0.4 is 10.6 Å². The minimum Gasteiger partial charge on any atom is -0.357 e. The lowest BCUT2D eigenvalue weighted by molar-refractivity contribution is 0.115. The molecule has 1 aromatic heterocycles. The molecule has 0 aromatic carbocycles. The van der Waals surface area contributed by atoms with Crippen LogP contribution >= 0.6 is 0 Å². The molecule has 0 bridgehead atoms. The Balaban J connectivity index is 1.52. The third-order valence-corrected chi connectivity index (χ3v) is 6.02. The number of aliphatic imine (C=N–C) groups is 1. The smallest absolute Gasteiger partial charge is 0.191 e. The van der Waals surface area contributed by atoms with Crippen molar-refractivity contribution in [2.24, 2.45) is 4.99 Å². The Morgan fingerprint density at radius 2 is 2.07 bits per heavy atom. The molecule has 27 heavy (non-hydrogen) atoms. The van der Waals surface area contributed by atoms with Gasteiger partial charge in [-0.3, -0.25) is 14.9 Å². The number of aromatic nitrogens is 1. The van der Waals surface area contributed by atoms with Crippen molar-refractivity contribution in [1.82, 2.24) is 20.5 Å². The third-order valence-electron chi connectivity index (χ3n) is 6.02. The van der Waals surface area contributed by atoms with Crippen LogP contribution in [0.1, 0.15) is 63.0 Å². The lowest BCUT2D eigenvalue weighted by atomic mass is 9.92. The molecular weight excluding hydrogens is 334 g/mol. The summed E-state index contributed by atoms with van der Waals surface area (Å²) in [7, 11) is 0. The second kappa shape index (κ2) is 10.6. The van der Waals surface area contributed by atoms with Gasteiger partial charge in [-0.15, -0.1) is 0 Å². The largest absolute Gasteiger partial charge is 0.357 e. The van der Waals surface area contributed by atoms with E-state index in [9.17, 15) is 0 Å². The maximum atomic E-state index is 4.84. The van der Waals surface area contributed by atoms with E-state index in [1.807, 2.05) is 12.4 Å². The van der Waals surface area contributed by atoms with Crippen LogP contribution in [0.25, 0.3) is 0 Å². The number of rotatable bonds is 6. The summed E-state index contributed by atoms with van der Waals surface area (Å²) in [6.07, 6.45) is 14.4. The van der Waals surface area contributed by atoms with E-state index in [2.05, 4.69) is 40.4 Å². The second-order valence-electron chi connectivity index (χ2n) is 8.08. The van der Waals surface area contributed by atoms with Gasteiger partial charge >= 0.3 is 0 Å². The van der Waals surface area contributed by atoms with Crippen LogP contribution in [0, 0.1) is 6.92 Å². The molecule has 150 valence electrons. The summed E-state index contributed by atoms with van der Waals surface area (Å²) in [4.78, 5) is 11.8. The molecule has 2 heterocycles. The first kappa shape index (κ1) is 20.1. The topological polar surface area (TPSA) is 52.6 Å². The van der Waals surface area contributed by atoms with Gasteiger partial charge in [0.2, 0.25) is 0 Å². The number of nitrogens with one attached hydrogen (secondary N) is 2. The SMILES string of the molecule is CCNC(=NCCc1ccncc1C)NC1CCCN(C2CCCCC2)C1. The average molecular weight is 372 g/mol. The van der Waals surface area contributed by atoms with Crippen molar-refractivity contribution < 1.29 is 0 Å². The molecule has 0 radical (unpaired) electrons. The van der Waals surface area contributed by atoms with Crippen molar-refractivity contribution in [3.63, 3.8) is 0 Å². The molecule has 1 unspecified atom stereocenters. The van der Waals surface area contributed by atoms with Crippen LogP contribution in [0.2, 0.25) is 0 Å². The first-order chi connectivity index (χ1) is 13.3. The van der Waals surface area contributed by atoms with Gasteiger partial charge in [-0.25, -0.2) is 0 Å². The Bertz CT molecular complexity index is 594. The van der Waals surface area contributed by atoms with E-state index in [1.165, 1.54) is 69.2 Å². The minimum absolute atomic E-state index is 0.515. The number of piperidine rings is 1. The summed E-state index contributed by atoms with van der Waals surface area (Å²) < 4.78 is 0. The van der Waals surface area contributed by atoms with Crippen LogP contribution in [0.5, 0.6) is 0 Å². The summed E-state index contributed by atoms with van der Waals surface area (Å²) >= 11 is 0. The highest BCUT2D eigenvalue weighted by atomic mass is 15.2. The molecule has 1 saturated heterocycles. The number of guanidine groups is 1. The normalized spacial score (nSPS) is 22.6. The van der Waals surface area contributed by atoms with Crippen LogP contribution in [0.4, 0.5) is 0 Å². The summed E-state index contributed by atoms with van der Waals surface area (Å²) in [5.41, 5.74) is 2.59. The molecule has 1 aliphatic heterocycles. The molecule has 2 N–H and O–H groups in total. The van der Waals surface area contributed by atoms with Gasteiger partial charge in [0.25, 0.3) is 0 Å². The third kappa shape index (κ3) is 6.20. The van der Waals surface area contributed by atoms with Gasteiger partial charge in [0.1, 0.15) is 0 Å². The number of hydrogen-bond donors (Lipinski definition) is 2. The summed E-state index contributed by atoms with van der Waals surface area (Å²) in [6.45, 7) is 8.41. The molecule has 0 amide bonds. The Morgan fingerprint density at radius 1 is 1.22 bits per heavy atom. The molecule has 1 aliphatic carbocycles. The number of likely N-dealkylation sites (tertiary alicyclic amines) is 1. The molecule has 5 heteroatoms. The molecule has 1 aromatic rings. The number of hydrogen-bond acceptors (Lipinski definition) is 3. The monoisotopic (exact) mass is 371 g/mol. The van der Waals surface area contributed by atoms with Crippen molar-refractivity contribution >= 4 is 5.96 Å². The predicted molar refractivity (Wildman–Crippen MR) is 113 cm³/mol. The van der Waals surface area contributed by atoms with Crippen LogP contribution in [0.15, 0.2) is 23.5 Å². The van der Waals surface area contributed by atoms with Crippen LogP contribution in [0.3, 0.4) is 0 Å². The molecule has 0 spiro atoms. The standard InChI is InChI=1S/C22H37N5/c1-3-24-22(25-14-12-19-11-13-23-16-18(19)2)26-20-8-7-15-27(17-20)21-9-5-4-6-10-21/h11,13,16,20-21H,3-10,12,14-15,17H2,1-2H3,(H2,24,25,26). The van der Waals surface area contributed by atoms with Gasteiger partial charge in [-0.2, -0.15) is 0 Å². The highest BCUT2D eigenvalue weighted by Crippen LogP contribution is 2.25. The first-order valence-electron chi connectivity index (χ1n) is 10.9. The maximum Gasteiger partial charge on any atom is 0.191 e. The molecule has 2 aliphatic rings. The molecule has 1 atom stereocenters. The summed E-state index contributed by atoms with van der Waals surface area (Å²) in [5.74, 6) is 0.972. The zero-order valence-corrected chi connectivity index (χ0v) is 17.2. The lowest BCUT2D eigenvalue weighted by Gasteiger charge is -2.40. The zero-order valence-electron chi connectivity index (χ0n) is 17.2. The molecule has 5 nitrogen and oxygen atoms in total. The molecule has 3 rings (SSSR count). The highest BCUT2D eigenvalue weighted by molar-refractivity contribution is 5.80. The molecule has 1 saturated carbocycles. The van der Waals surface area contributed by atoms with Crippen molar-refractivity contribution in [3.05, 3.63) is 29.6 Å². The quantitative estimate of drug-likeness (QED) is 0.595. The van der Waals surface area contributed by atoms with Crippen molar-refractivity contribution in [3.8, 4) is 0 Å². The van der Waals surface area contributed by atoms with Crippen LogP contribution in [-0.4, -0.2) is 54.1 Å².